The summed E-state index contributed by atoms with van der Waals surface area (Å²) in [7, 11) is 0. The monoisotopic (exact) mass is 738 g/mol. The summed E-state index contributed by atoms with van der Waals surface area (Å²) in [6, 6.07) is 73.8. The maximum absolute atomic E-state index is 5.38. The molecule has 0 bridgehead atoms. The number of hydrogen-bond donors (Lipinski definition) is 0. The molecule has 0 spiro atoms. The fraction of sp³-hybridized carbons (Fsp3) is 0. The van der Waals surface area contributed by atoms with Gasteiger partial charge in [-0.15, -0.1) is 0 Å². The van der Waals surface area contributed by atoms with Crippen LogP contribution in [0.3, 0.4) is 0 Å². The zero-order valence-corrected chi connectivity index (χ0v) is 31.4. The van der Waals surface area contributed by atoms with E-state index in [1.807, 2.05) is 18.2 Å². The van der Waals surface area contributed by atoms with E-state index < -0.39 is 0 Å². The molecule has 4 heteroatoms. The lowest BCUT2D eigenvalue weighted by atomic mass is 9.98. The van der Waals surface area contributed by atoms with Gasteiger partial charge in [0.2, 0.25) is 0 Å². The summed E-state index contributed by atoms with van der Waals surface area (Å²) in [5.41, 5.74) is 13.1. The summed E-state index contributed by atoms with van der Waals surface area (Å²) in [6.45, 7) is 0. The fourth-order valence-electron chi connectivity index (χ4n) is 9.04. The van der Waals surface area contributed by atoms with E-state index in [0.29, 0.717) is 5.82 Å². The lowest BCUT2D eigenvalue weighted by molar-refractivity contribution is 1.18. The maximum Gasteiger partial charge on any atom is 0.160 e. The number of aromatic nitrogens is 4. The normalized spacial score (nSPS) is 11.8. The number of fused-ring (bicyclic) bond motifs is 9. The highest BCUT2D eigenvalue weighted by Crippen LogP contribution is 2.40. The predicted octanol–water partition coefficient (Wildman–Crippen LogP) is 14.0. The van der Waals surface area contributed by atoms with E-state index >= 15 is 0 Å². The van der Waals surface area contributed by atoms with Crippen LogP contribution in [0.1, 0.15) is 0 Å². The van der Waals surface area contributed by atoms with Crippen LogP contribution in [0.25, 0.3) is 110 Å². The summed E-state index contributed by atoms with van der Waals surface area (Å²) in [6.07, 6.45) is 0. The van der Waals surface area contributed by atoms with Gasteiger partial charge >= 0.3 is 0 Å². The quantitative estimate of drug-likeness (QED) is 0.176. The van der Waals surface area contributed by atoms with E-state index in [0.717, 1.165) is 50.2 Å². The van der Waals surface area contributed by atoms with Gasteiger partial charge in [0.15, 0.2) is 5.82 Å². The Labute approximate surface area is 334 Å². The first-order valence-electron chi connectivity index (χ1n) is 19.7. The fourth-order valence-corrected chi connectivity index (χ4v) is 9.04. The van der Waals surface area contributed by atoms with Crippen LogP contribution in [0.5, 0.6) is 0 Å². The van der Waals surface area contributed by atoms with E-state index in [1.54, 1.807) is 0 Å². The van der Waals surface area contributed by atoms with Crippen LogP contribution in [0.2, 0.25) is 0 Å². The molecule has 3 heterocycles. The average Bonchev–Trinajstić information content (AvgIpc) is 3.82. The van der Waals surface area contributed by atoms with Crippen LogP contribution in [0.15, 0.2) is 206 Å². The smallest absolute Gasteiger partial charge is 0.160 e. The second-order valence-corrected chi connectivity index (χ2v) is 15.0. The zero-order chi connectivity index (χ0) is 38.2. The average molecular weight is 739 g/mol. The third-order valence-electron chi connectivity index (χ3n) is 11.7. The van der Waals surface area contributed by atoms with E-state index in [4.69, 9.17) is 9.97 Å². The minimum Gasteiger partial charge on any atom is -0.309 e. The van der Waals surface area contributed by atoms with Crippen molar-refractivity contribution in [1.29, 1.82) is 0 Å². The van der Waals surface area contributed by atoms with Crippen LogP contribution in [-0.4, -0.2) is 19.1 Å². The Morgan fingerprint density at radius 1 is 0.310 bits per heavy atom. The Hall–Kier alpha value is -7.82. The molecule has 12 rings (SSSR count). The van der Waals surface area contributed by atoms with Crippen LogP contribution < -0.4 is 0 Å². The van der Waals surface area contributed by atoms with Crippen molar-refractivity contribution >= 4 is 65.3 Å². The van der Waals surface area contributed by atoms with Crippen molar-refractivity contribution in [2.45, 2.75) is 0 Å². The van der Waals surface area contributed by atoms with Crippen molar-refractivity contribution in [3.05, 3.63) is 206 Å². The largest absolute Gasteiger partial charge is 0.309 e. The highest BCUT2D eigenvalue weighted by molar-refractivity contribution is 6.18. The Balaban J connectivity index is 1.07. The lowest BCUT2D eigenvalue weighted by Gasteiger charge is -2.14. The number of benzene rings is 9. The summed E-state index contributed by atoms with van der Waals surface area (Å²) in [4.78, 5) is 10.5. The third-order valence-corrected chi connectivity index (χ3v) is 11.7. The molecule has 0 saturated carbocycles. The van der Waals surface area contributed by atoms with Crippen LogP contribution in [-0.2, 0) is 0 Å². The molecule has 0 aliphatic heterocycles. The summed E-state index contributed by atoms with van der Waals surface area (Å²) >= 11 is 0. The number of hydrogen-bond acceptors (Lipinski definition) is 2. The Kier molecular flexibility index (Phi) is 7.20. The molecule has 0 N–H and O–H groups in total. The molecule has 9 aromatic carbocycles. The second-order valence-electron chi connectivity index (χ2n) is 15.0. The van der Waals surface area contributed by atoms with Gasteiger partial charge in [-0.2, -0.15) is 0 Å². The van der Waals surface area contributed by atoms with Crippen LogP contribution >= 0.6 is 0 Å². The third kappa shape index (κ3) is 5.02. The van der Waals surface area contributed by atoms with E-state index in [9.17, 15) is 0 Å². The van der Waals surface area contributed by atoms with Gasteiger partial charge in [-0.05, 0) is 77.2 Å². The SMILES string of the molecule is c1ccc(-c2nc(-c3cccc(-n4c5ccccc5c5ccc6ccccc6c54)c3)c3cc(-c4ccc5c(c4)c4ccccc4n5-c4ccccc4)ccc3n2)cc1. The Bertz CT molecular complexity index is 3560. The molecule has 0 amide bonds. The molecule has 58 heavy (non-hydrogen) atoms. The van der Waals surface area contributed by atoms with E-state index in [-0.39, 0.29) is 0 Å². The first-order valence-corrected chi connectivity index (χ1v) is 19.7. The van der Waals surface area contributed by atoms with Gasteiger partial charge in [-0.25, -0.2) is 9.97 Å². The van der Waals surface area contributed by atoms with Gasteiger partial charge in [-0.3, -0.25) is 0 Å². The molecule has 0 unspecified atom stereocenters. The standard InChI is InChI=1S/C54H34N4/c1-3-15-36(16-4-1)54-55-48-30-27-37(38-28-31-51-46(33-38)44-23-10-11-24-49(44)57(51)40-18-5-2-6-19-40)34-47(48)52(56-54)39-17-13-20-41(32-39)58-50-25-12-9-22-43(50)45-29-26-35-14-7-8-21-42(35)53(45)58/h1-34H. The Morgan fingerprint density at radius 3 is 1.72 bits per heavy atom. The number of rotatable bonds is 5. The molecule has 270 valence electrons. The molecular formula is C54H34N4. The van der Waals surface area contributed by atoms with Crippen molar-refractivity contribution in [2.75, 3.05) is 0 Å². The van der Waals surface area contributed by atoms with Gasteiger partial charge in [0.05, 0.1) is 33.3 Å². The van der Waals surface area contributed by atoms with Gasteiger partial charge < -0.3 is 9.13 Å². The molecule has 0 fully saturated rings. The zero-order valence-electron chi connectivity index (χ0n) is 31.4. The predicted molar refractivity (Wildman–Crippen MR) is 242 cm³/mol. The topological polar surface area (TPSA) is 35.6 Å². The number of para-hydroxylation sites is 3. The van der Waals surface area contributed by atoms with Gasteiger partial charge in [0.1, 0.15) is 0 Å². The van der Waals surface area contributed by atoms with Gasteiger partial charge in [-0.1, -0.05) is 146 Å². The van der Waals surface area contributed by atoms with E-state index in [1.165, 1.54) is 54.4 Å². The maximum atomic E-state index is 5.38. The highest BCUT2D eigenvalue weighted by Gasteiger charge is 2.19. The minimum absolute atomic E-state index is 0.708. The highest BCUT2D eigenvalue weighted by atomic mass is 15.0. The van der Waals surface area contributed by atoms with Crippen molar-refractivity contribution in [3.8, 4) is 45.1 Å². The van der Waals surface area contributed by atoms with Crippen molar-refractivity contribution in [3.63, 3.8) is 0 Å². The number of nitrogens with zero attached hydrogens (tertiary/aromatic N) is 4. The second kappa shape index (κ2) is 12.9. The molecule has 0 radical (unpaired) electrons. The molecule has 0 saturated heterocycles. The molecule has 0 aliphatic rings. The summed E-state index contributed by atoms with van der Waals surface area (Å²) in [5, 5.41) is 8.39. The molecule has 12 aromatic rings. The van der Waals surface area contributed by atoms with Crippen LogP contribution in [0.4, 0.5) is 0 Å². The van der Waals surface area contributed by atoms with E-state index in [2.05, 4.69) is 197 Å². The lowest BCUT2D eigenvalue weighted by Crippen LogP contribution is -1.98. The molecule has 4 nitrogen and oxygen atoms in total. The summed E-state index contributed by atoms with van der Waals surface area (Å²) in [5.74, 6) is 0.708. The molecule has 3 aromatic heterocycles. The Morgan fingerprint density at radius 2 is 0.914 bits per heavy atom. The van der Waals surface area contributed by atoms with Crippen molar-refractivity contribution < 1.29 is 0 Å². The van der Waals surface area contributed by atoms with Gasteiger partial charge in [0.25, 0.3) is 0 Å². The van der Waals surface area contributed by atoms with Crippen LogP contribution in [0, 0.1) is 0 Å². The summed E-state index contributed by atoms with van der Waals surface area (Å²) < 4.78 is 4.78. The first kappa shape index (κ1) is 32.4. The van der Waals surface area contributed by atoms with Gasteiger partial charge in [0, 0.05) is 54.8 Å². The molecule has 0 atom stereocenters. The first-order chi connectivity index (χ1) is 28.8. The van der Waals surface area contributed by atoms with Crippen molar-refractivity contribution in [1.82, 2.24) is 19.1 Å². The molecular weight excluding hydrogens is 705 g/mol. The molecule has 0 aliphatic carbocycles. The minimum atomic E-state index is 0.708. The van der Waals surface area contributed by atoms with Crippen molar-refractivity contribution in [2.24, 2.45) is 0 Å².